The van der Waals surface area contributed by atoms with E-state index in [1.54, 1.807) is 0 Å². The molecule has 0 fully saturated rings. The first-order chi connectivity index (χ1) is 4.33. The highest BCUT2D eigenvalue weighted by atomic mass is 32.1. The van der Waals surface area contributed by atoms with E-state index in [1.165, 1.54) is 11.3 Å². The second kappa shape index (κ2) is 2.77. The molecule has 0 aliphatic carbocycles. The first-order valence-electron chi connectivity index (χ1n) is 2.34. The number of hydrogen-bond donors (Lipinski definition) is 2. The van der Waals surface area contributed by atoms with Crippen LogP contribution in [-0.4, -0.2) is 4.98 Å². The van der Waals surface area contributed by atoms with Crippen LogP contribution in [0.1, 0.15) is 5.69 Å². The summed E-state index contributed by atoms with van der Waals surface area (Å²) in [4.78, 5) is 8.22. The highest BCUT2D eigenvalue weighted by Gasteiger charge is 1.95. The molecule has 0 amide bonds. The summed E-state index contributed by atoms with van der Waals surface area (Å²) in [5, 5.41) is 2.35. The average Bonchev–Trinajstić information content (AvgIpc) is 2.17. The van der Waals surface area contributed by atoms with Crippen molar-refractivity contribution in [1.82, 2.24) is 4.98 Å². The molecule has 50 valence electrons. The van der Waals surface area contributed by atoms with E-state index in [2.05, 4.69) is 9.82 Å². The Kier molecular flexibility index (Phi) is 1.99. The second-order valence-electron chi connectivity index (χ2n) is 1.49. The molecule has 4 N–H and O–H groups in total. The lowest BCUT2D eigenvalue weighted by molar-refractivity contribution is 0.122. The van der Waals surface area contributed by atoms with Gasteiger partial charge in [0.2, 0.25) is 0 Å². The smallest absolute Gasteiger partial charge is 0.180 e. The molecular formula is C4H7N3OS. The molecule has 0 atom stereocenters. The normalized spacial score (nSPS) is 9.89. The van der Waals surface area contributed by atoms with Crippen LogP contribution in [0.5, 0.6) is 0 Å². The predicted molar refractivity (Wildman–Crippen MR) is 35.5 cm³/mol. The Labute approximate surface area is 56.4 Å². The minimum atomic E-state index is 0.327. The van der Waals surface area contributed by atoms with Crippen LogP contribution < -0.4 is 11.6 Å². The van der Waals surface area contributed by atoms with Crippen molar-refractivity contribution < 1.29 is 4.84 Å². The van der Waals surface area contributed by atoms with Gasteiger partial charge in [0, 0.05) is 5.38 Å². The molecular weight excluding hydrogens is 138 g/mol. The molecule has 1 heterocycles. The zero-order valence-corrected chi connectivity index (χ0v) is 5.52. The Morgan fingerprint density at radius 3 is 3.00 bits per heavy atom. The van der Waals surface area contributed by atoms with Crippen molar-refractivity contribution >= 4 is 16.5 Å². The van der Waals surface area contributed by atoms with Crippen molar-refractivity contribution in [2.24, 2.45) is 5.90 Å². The van der Waals surface area contributed by atoms with Crippen LogP contribution in [0.15, 0.2) is 5.38 Å². The molecule has 0 unspecified atom stereocenters. The number of anilines is 1. The zero-order valence-electron chi connectivity index (χ0n) is 4.70. The molecule has 0 spiro atoms. The Bertz CT molecular complexity index is 188. The van der Waals surface area contributed by atoms with Gasteiger partial charge in [-0.1, -0.05) is 0 Å². The van der Waals surface area contributed by atoms with Crippen LogP contribution in [-0.2, 0) is 11.4 Å². The van der Waals surface area contributed by atoms with Crippen LogP contribution in [0.4, 0.5) is 5.13 Å². The first-order valence-corrected chi connectivity index (χ1v) is 3.22. The number of rotatable bonds is 2. The molecule has 0 aliphatic heterocycles. The highest BCUT2D eigenvalue weighted by Crippen LogP contribution is 2.10. The van der Waals surface area contributed by atoms with Gasteiger partial charge in [-0.05, 0) is 0 Å². The fourth-order valence-corrected chi connectivity index (χ4v) is 1.02. The van der Waals surface area contributed by atoms with Crippen molar-refractivity contribution in [3.8, 4) is 0 Å². The Morgan fingerprint density at radius 2 is 2.56 bits per heavy atom. The molecule has 1 rings (SSSR count). The quantitative estimate of drug-likeness (QED) is 0.579. The fraction of sp³-hybridized carbons (Fsp3) is 0.250. The number of nitrogens with zero attached hydrogens (tertiary/aromatic N) is 1. The molecule has 0 aromatic carbocycles. The van der Waals surface area contributed by atoms with E-state index in [-0.39, 0.29) is 0 Å². The summed E-state index contributed by atoms with van der Waals surface area (Å²) >= 11 is 1.38. The van der Waals surface area contributed by atoms with E-state index >= 15 is 0 Å². The van der Waals surface area contributed by atoms with E-state index in [0.717, 1.165) is 5.69 Å². The summed E-state index contributed by atoms with van der Waals surface area (Å²) in [6, 6.07) is 0. The van der Waals surface area contributed by atoms with Crippen LogP contribution >= 0.6 is 11.3 Å². The van der Waals surface area contributed by atoms with Crippen molar-refractivity contribution in [3.05, 3.63) is 11.1 Å². The number of nitrogens with two attached hydrogens (primary N) is 2. The van der Waals surface area contributed by atoms with Crippen molar-refractivity contribution in [2.75, 3.05) is 5.73 Å². The van der Waals surface area contributed by atoms with Crippen molar-refractivity contribution in [2.45, 2.75) is 6.61 Å². The minimum Gasteiger partial charge on any atom is -0.375 e. The second-order valence-corrected chi connectivity index (χ2v) is 2.38. The molecule has 0 bridgehead atoms. The topological polar surface area (TPSA) is 74.2 Å². The van der Waals surface area contributed by atoms with Crippen LogP contribution in [0.25, 0.3) is 0 Å². The van der Waals surface area contributed by atoms with Crippen LogP contribution in [0.3, 0.4) is 0 Å². The molecule has 5 heteroatoms. The van der Waals surface area contributed by atoms with Crippen LogP contribution in [0.2, 0.25) is 0 Å². The van der Waals surface area contributed by atoms with Gasteiger partial charge < -0.3 is 5.73 Å². The maximum Gasteiger partial charge on any atom is 0.180 e. The Balaban J connectivity index is 2.61. The first kappa shape index (κ1) is 6.47. The third kappa shape index (κ3) is 1.63. The lowest BCUT2D eigenvalue weighted by atomic mass is 10.5. The number of thiazole rings is 1. The van der Waals surface area contributed by atoms with Gasteiger partial charge in [-0.3, -0.25) is 4.84 Å². The minimum absolute atomic E-state index is 0.327. The molecule has 0 aliphatic rings. The predicted octanol–water partition coefficient (Wildman–Crippen LogP) is 0.116. The average molecular weight is 145 g/mol. The Hall–Kier alpha value is -0.650. The van der Waals surface area contributed by atoms with Gasteiger partial charge in [-0.25, -0.2) is 10.9 Å². The van der Waals surface area contributed by atoms with E-state index in [4.69, 9.17) is 11.6 Å². The van der Waals surface area contributed by atoms with E-state index in [0.29, 0.717) is 11.7 Å². The van der Waals surface area contributed by atoms with Gasteiger partial charge in [0.05, 0.1) is 5.69 Å². The molecule has 4 nitrogen and oxygen atoms in total. The Morgan fingerprint density at radius 1 is 1.78 bits per heavy atom. The summed E-state index contributed by atoms with van der Waals surface area (Å²) in [5.41, 5.74) is 6.10. The molecule has 0 radical (unpaired) electrons. The maximum absolute atomic E-state index is 5.32. The molecule has 0 saturated heterocycles. The molecule has 1 aromatic rings. The summed E-state index contributed by atoms with van der Waals surface area (Å²) in [6.07, 6.45) is 0. The van der Waals surface area contributed by atoms with Gasteiger partial charge >= 0.3 is 0 Å². The largest absolute Gasteiger partial charge is 0.375 e. The van der Waals surface area contributed by atoms with E-state index in [1.807, 2.05) is 5.38 Å². The summed E-state index contributed by atoms with van der Waals surface area (Å²) < 4.78 is 0. The number of hydrogen-bond acceptors (Lipinski definition) is 5. The standard InChI is InChI=1S/C4H7N3OS/c5-4-7-3(1-8-6)2-9-4/h2H,1,6H2,(H2,5,7). The molecule has 1 aromatic heterocycles. The van der Waals surface area contributed by atoms with Gasteiger partial charge in [-0.2, -0.15) is 0 Å². The lowest BCUT2D eigenvalue weighted by Gasteiger charge is -1.88. The fourth-order valence-electron chi connectivity index (χ4n) is 0.474. The van der Waals surface area contributed by atoms with Gasteiger partial charge in [0.25, 0.3) is 0 Å². The van der Waals surface area contributed by atoms with Crippen molar-refractivity contribution in [1.29, 1.82) is 0 Å². The third-order valence-corrected chi connectivity index (χ3v) is 1.52. The maximum atomic E-state index is 5.32. The summed E-state index contributed by atoms with van der Waals surface area (Å²) in [5.74, 6) is 4.79. The van der Waals surface area contributed by atoms with Gasteiger partial charge in [0.15, 0.2) is 5.13 Å². The van der Waals surface area contributed by atoms with Crippen molar-refractivity contribution in [3.63, 3.8) is 0 Å². The van der Waals surface area contributed by atoms with E-state index in [9.17, 15) is 0 Å². The van der Waals surface area contributed by atoms with Crippen LogP contribution in [0, 0.1) is 0 Å². The zero-order chi connectivity index (χ0) is 6.69. The molecule has 0 saturated carbocycles. The SMILES string of the molecule is NOCc1csc(N)n1. The third-order valence-electron chi connectivity index (χ3n) is 0.801. The summed E-state index contributed by atoms with van der Waals surface area (Å²) in [7, 11) is 0. The number of aromatic nitrogens is 1. The van der Waals surface area contributed by atoms with Gasteiger partial charge in [0.1, 0.15) is 6.61 Å². The van der Waals surface area contributed by atoms with Gasteiger partial charge in [-0.15, -0.1) is 11.3 Å². The lowest BCUT2D eigenvalue weighted by Crippen LogP contribution is -1.98. The number of nitrogen functional groups attached to an aromatic ring is 1. The monoisotopic (exact) mass is 145 g/mol. The summed E-state index contributed by atoms with van der Waals surface area (Å²) in [6.45, 7) is 0.327. The highest BCUT2D eigenvalue weighted by molar-refractivity contribution is 7.13. The van der Waals surface area contributed by atoms with E-state index < -0.39 is 0 Å². The molecule has 9 heavy (non-hydrogen) atoms.